The van der Waals surface area contributed by atoms with E-state index in [1.807, 2.05) is 25.1 Å². The second-order valence-electron chi connectivity index (χ2n) is 6.92. The molecule has 1 amide bonds. The molecular weight excluding hydrogens is 438 g/mol. The number of aromatic nitrogens is 2. The Morgan fingerprint density at radius 3 is 2.35 bits per heavy atom. The molecule has 1 aliphatic rings. The van der Waals surface area contributed by atoms with Gasteiger partial charge in [-0.1, -0.05) is 11.6 Å². The standard InChI is InChI=1S/C22H22ClN3O4S/c1-12-20-21(15-9-17(29-3)18(30-4)10-16(15)28-2)31-11-19(27)24-22(20)26(25-12)14-7-5-13(23)6-8-14/h5-10,21H,11H2,1-4H3,(H,24,27). The Balaban J connectivity index is 1.91. The van der Waals surface area contributed by atoms with Crippen molar-refractivity contribution in [2.75, 3.05) is 32.4 Å². The third-order valence-corrected chi connectivity index (χ3v) is 6.60. The number of aryl methyl sites for hydroxylation is 1. The Bertz CT molecular complexity index is 1130. The van der Waals surface area contributed by atoms with Crippen LogP contribution < -0.4 is 19.5 Å². The number of nitrogens with one attached hydrogen (secondary N) is 1. The van der Waals surface area contributed by atoms with Gasteiger partial charge >= 0.3 is 0 Å². The fourth-order valence-corrected chi connectivity index (χ4v) is 4.98. The maximum Gasteiger partial charge on any atom is 0.235 e. The van der Waals surface area contributed by atoms with Crippen molar-refractivity contribution in [3.63, 3.8) is 0 Å². The molecule has 1 unspecified atom stereocenters. The average molecular weight is 460 g/mol. The SMILES string of the molecule is COc1cc(OC)c(C2SCC(=O)Nc3c2c(C)nn3-c2ccc(Cl)cc2)cc1OC. The molecule has 1 N–H and O–H groups in total. The van der Waals surface area contributed by atoms with Gasteiger partial charge in [-0.25, -0.2) is 4.68 Å². The van der Waals surface area contributed by atoms with Crippen LogP contribution in [0.25, 0.3) is 5.69 Å². The molecule has 0 aliphatic carbocycles. The molecule has 162 valence electrons. The Hall–Kier alpha value is -2.84. The van der Waals surface area contributed by atoms with E-state index in [4.69, 9.17) is 30.9 Å². The first-order valence-corrected chi connectivity index (χ1v) is 11.0. The zero-order valence-electron chi connectivity index (χ0n) is 17.6. The molecule has 3 aromatic rings. The van der Waals surface area contributed by atoms with Crippen molar-refractivity contribution in [2.45, 2.75) is 12.2 Å². The molecule has 0 spiro atoms. The Morgan fingerprint density at radius 2 is 1.71 bits per heavy atom. The van der Waals surface area contributed by atoms with Crippen molar-refractivity contribution in [1.82, 2.24) is 9.78 Å². The fourth-order valence-electron chi connectivity index (χ4n) is 3.66. The number of methoxy groups -OCH3 is 3. The van der Waals surface area contributed by atoms with E-state index in [9.17, 15) is 4.79 Å². The molecule has 2 heterocycles. The van der Waals surface area contributed by atoms with Gasteiger partial charge in [0.15, 0.2) is 11.5 Å². The van der Waals surface area contributed by atoms with E-state index in [1.54, 1.807) is 44.2 Å². The van der Waals surface area contributed by atoms with E-state index >= 15 is 0 Å². The molecule has 0 radical (unpaired) electrons. The zero-order valence-corrected chi connectivity index (χ0v) is 19.1. The van der Waals surface area contributed by atoms with Crippen LogP contribution in [0.2, 0.25) is 5.02 Å². The van der Waals surface area contributed by atoms with Gasteiger partial charge in [0.05, 0.1) is 43.7 Å². The Morgan fingerprint density at radius 1 is 1.06 bits per heavy atom. The van der Waals surface area contributed by atoms with E-state index in [0.717, 1.165) is 22.5 Å². The van der Waals surface area contributed by atoms with Crippen LogP contribution in [-0.2, 0) is 4.79 Å². The van der Waals surface area contributed by atoms with E-state index in [-0.39, 0.29) is 16.9 Å². The van der Waals surface area contributed by atoms with Gasteiger partial charge in [0.1, 0.15) is 11.6 Å². The number of carbonyl (C=O) groups is 1. The third-order valence-electron chi connectivity index (χ3n) is 5.10. The number of anilines is 1. The van der Waals surface area contributed by atoms with E-state index in [2.05, 4.69) is 5.32 Å². The molecule has 0 saturated heterocycles. The molecule has 0 bridgehead atoms. The van der Waals surface area contributed by atoms with Crippen molar-refractivity contribution < 1.29 is 19.0 Å². The number of amides is 1. The molecule has 7 nitrogen and oxygen atoms in total. The van der Waals surface area contributed by atoms with Gasteiger partial charge in [-0.05, 0) is 37.3 Å². The van der Waals surface area contributed by atoms with Crippen molar-refractivity contribution in [3.05, 3.63) is 58.2 Å². The summed E-state index contributed by atoms with van der Waals surface area (Å²) < 4.78 is 18.4. The molecule has 1 aromatic heterocycles. The van der Waals surface area contributed by atoms with Gasteiger partial charge in [-0.15, -0.1) is 11.8 Å². The van der Waals surface area contributed by atoms with Gasteiger partial charge < -0.3 is 19.5 Å². The van der Waals surface area contributed by atoms with E-state index in [0.29, 0.717) is 28.1 Å². The van der Waals surface area contributed by atoms with Crippen LogP contribution in [0.3, 0.4) is 0 Å². The minimum Gasteiger partial charge on any atom is -0.496 e. The number of carbonyl (C=O) groups excluding carboxylic acids is 1. The lowest BCUT2D eigenvalue weighted by Crippen LogP contribution is -2.15. The summed E-state index contributed by atoms with van der Waals surface area (Å²) in [6, 6.07) is 11.0. The molecule has 0 fully saturated rings. The Labute approximate surface area is 189 Å². The maximum absolute atomic E-state index is 12.6. The van der Waals surface area contributed by atoms with Crippen LogP contribution in [0.15, 0.2) is 36.4 Å². The van der Waals surface area contributed by atoms with E-state index in [1.165, 1.54) is 11.8 Å². The molecule has 2 aromatic carbocycles. The largest absolute Gasteiger partial charge is 0.496 e. The fraction of sp³-hybridized carbons (Fsp3) is 0.273. The molecule has 1 atom stereocenters. The van der Waals surface area contributed by atoms with Crippen LogP contribution >= 0.6 is 23.4 Å². The molecule has 0 saturated carbocycles. The number of nitrogens with zero attached hydrogens (tertiary/aromatic N) is 2. The summed E-state index contributed by atoms with van der Waals surface area (Å²) in [7, 11) is 4.79. The third kappa shape index (κ3) is 3.93. The predicted octanol–water partition coefficient (Wildman–Crippen LogP) is 4.63. The van der Waals surface area contributed by atoms with Crippen LogP contribution in [0.1, 0.15) is 22.1 Å². The summed E-state index contributed by atoms with van der Waals surface area (Å²) >= 11 is 7.56. The number of hydrogen-bond acceptors (Lipinski definition) is 6. The van der Waals surface area contributed by atoms with Gasteiger partial charge in [-0.2, -0.15) is 5.10 Å². The van der Waals surface area contributed by atoms with Gasteiger partial charge in [0.25, 0.3) is 0 Å². The number of halogens is 1. The minimum atomic E-state index is -0.204. The predicted molar refractivity (Wildman–Crippen MR) is 122 cm³/mol. The summed E-state index contributed by atoms with van der Waals surface area (Å²) in [6.07, 6.45) is 0. The van der Waals surface area contributed by atoms with Crippen molar-refractivity contribution in [1.29, 1.82) is 0 Å². The molecule has 4 rings (SSSR count). The monoisotopic (exact) mass is 459 g/mol. The zero-order chi connectivity index (χ0) is 22.1. The summed E-state index contributed by atoms with van der Waals surface area (Å²) in [5.41, 5.74) is 3.40. The van der Waals surface area contributed by atoms with Crippen LogP contribution in [0, 0.1) is 6.92 Å². The second-order valence-corrected chi connectivity index (χ2v) is 8.45. The lowest BCUT2D eigenvalue weighted by atomic mass is 10.0. The van der Waals surface area contributed by atoms with Crippen molar-refractivity contribution in [3.8, 4) is 22.9 Å². The lowest BCUT2D eigenvalue weighted by Gasteiger charge is -2.20. The highest BCUT2D eigenvalue weighted by atomic mass is 35.5. The molecule has 9 heteroatoms. The number of thioether (sulfide) groups is 1. The number of benzene rings is 2. The number of ether oxygens (including phenoxy) is 3. The second kappa shape index (κ2) is 8.72. The highest BCUT2D eigenvalue weighted by Gasteiger charge is 2.33. The highest BCUT2D eigenvalue weighted by Crippen LogP contribution is 2.49. The smallest absolute Gasteiger partial charge is 0.235 e. The normalized spacial score (nSPS) is 15.6. The van der Waals surface area contributed by atoms with Gasteiger partial charge in [0, 0.05) is 22.2 Å². The van der Waals surface area contributed by atoms with Crippen molar-refractivity contribution in [2.24, 2.45) is 0 Å². The first-order chi connectivity index (χ1) is 15.0. The van der Waals surface area contributed by atoms with Gasteiger partial charge in [-0.3, -0.25) is 4.79 Å². The van der Waals surface area contributed by atoms with Crippen LogP contribution in [0.4, 0.5) is 5.82 Å². The lowest BCUT2D eigenvalue weighted by molar-refractivity contribution is -0.113. The number of fused-ring (bicyclic) bond motifs is 1. The number of hydrogen-bond donors (Lipinski definition) is 1. The van der Waals surface area contributed by atoms with Crippen molar-refractivity contribution >= 4 is 35.1 Å². The van der Waals surface area contributed by atoms with Gasteiger partial charge in [0.2, 0.25) is 5.91 Å². The molecule has 1 aliphatic heterocycles. The Kier molecular flexibility index (Phi) is 6.02. The summed E-state index contributed by atoms with van der Waals surface area (Å²) in [4.78, 5) is 12.6. The number of rotatable bonds is 5. The average Bonchev–Trinajstić information content (AvgIpc) is 2.98. The highest BCUT2D eigenvalue weighted by molar-refractivity contribution is 8.00. The first-order valence-electron chi connectivity index (χ1n) is 9.53. The van der Waals surface area contributed by atoms with E-state index < -0.39 is 0 Å². The topological polar surface area (TPSA) is 74.6 Å². The first kappa shape index (κ1) is 21.4. The minimum absolute atomic E-state index is 0.0942. The summed E-state index contributed by atoms with van der Waals surface area (Å²) in [5.74, 6) is 2.64. The van der Waals surface area contributed by atoms with Crippen LogP contribution in [0.5, 0.6) is 17.2 Å². The maximum atomic E-state index is 12.6. The van der Waals surface area contributed by atoms with Crippen LogP contribution in [-0.4, -0.2) is 42.8 Å². The quantitative estimate of drug-likeness (QED) is 0.599. The molecular formula is C22H22ClN3O4S. The molecule has 31 heavy (non-hydrogen) atoms. The summed E-state index contributed by atoms with van der Waals surface area (Å²) in [5, 5.41) is 8.18. The summed E-state index contributed by atoms with van der Waals surface area (Å²) in [6.45, 7) is 1.93.